The SMILES string of the molecule is Cc1ccc(C(=O)N/N=C\CCc2ccccc2)o1. The molecule has 1 amide bonds. The van der Waals surface area contributed by atoms with Gasteiger partial charge in [-0.15, -0.1) is 0 Å². The van der Waals surface area contributed by atoms with Gasteiger partial charge in [-0.1, -0.05) is 30.3 Å². The molecular weight excluding hydrogens is 240 g/mol. The van der Waals surface area contributed by atoms with Crippen molar-refractivity contribution < 1.29 is 9.21 Å². The van der Waals surface area contributed by atoms with Crippen LogP contribution in [-0.2, 0) is 6.42 Å². The molecule has 1 aromatic carbocycles. The Morgan fingerprint density at radius 3 is 2.74 bits per heavy atom. The maximum atomic E-state index is 11.6. The number of aryl methyl sites for hydroxylation is 2. The zero-order chi connectivity index (χ0) is 13.5. The van der Waals surface area contributed by atoms with Crippen LogP contribution < -0.4 is 5.43 Å². The second-order valence-electron chi connectivity index (χ2n) is 4.19. The summed E-state index contributed by atoms with van der Waals surface area (Å²) in [5.74, 6) is 0.653. The van der Waals surface area contributed by atoms with E-state index in [-0.39, 0.29) is 11.7 Å². The number of nitrogens with zero attached hydrogens (tertiary/aromatic N) is 1. The Kier molecular flexibility index (Phi) is 4.50. The van der Waals surface area contributed by atoms with Crippen molar-refractivity contribution >= 4 is 12.1 Å². The van der Waals surface area contributed by atoms with Gasteiger partial charge >= 0.3 is 5.91 Å². The molecule has 4 nitrogen and oxygen atoms in total. The highest BCUT2D eigenvalue weighted by Crippen LogP contribution is 2.05. The topological polar surface area (TPSA) is 54.6 Å². The van der Waals surface area contributed by atoms with Crippen molar-refractivity contribution in [3.63, 3.8) is 0 Å². The summed E-state index contributed by atoms with van der Waals surface area (Å²) in [6.45, 7) is 1.79. The third-order valence-corrected chi connectivity index (χ3v) is 2.63. The van der Waals surface area contributed by atoms with Crippen molar-refractivity contribution in [1.82, 2.24) is 5.43 Å². The Morgan fingerprint density at radius 2 is 2.05 bits per heavy atom. The summed E-state index contributed by atoms with van der Waals surface area (Å²) >= 11 is 0. The monoisotopic (exact) mass is 256 g/mol. The predicted octanol–water partition coefficient (Wildman–Crippen LogP) is 2.94. The summed E-state index contributed by atoms with van der Waals surface area (Å²) in [6, 6.07) is 13.5. The molecule has 1 N–H and O–H groups in total. The van der Waals surface area contributed by atoms with Crippen LogP contribution in [0.2, 0.25) is 0 Å². The van der Waals surface area contributed by atoms with E-state index in [9.17, 15) is 4.79 Å². The zero-order valence-electron chi connectivity index (χ0n) is 10.8. The van der Waals surface area contributed by atoms with E-state index in [0.717, 1.165) is 12.8 Å². The number of carbonyl (C=O) groups excluding carboxylic acids is 1. The van der Waals surface area contributed by atoms with E-state index in [0.29, 0.717) is 5.76 Å². The molecule has 0 fully saturated rings. The van der Waals surface area contributed by atoms with Crippen LogP contribution in [0.25, 0.3) is 0 Å². The van der Waals surface area contributed by atoms with E-state index in [1.807, 2.05) is 18.2 Å². The molecule has 1 aromatic heterocycles. The highest BCUT2D eigenvalue weighted by molar-refractivity contribution is 5.91. The van der Waals surface area contributed by atoms with Crippen LogP contribution in [-0.4, -0.2) is 12.1 Å². The summed E-state index contributed by atoms with van der Waals surface area (Å²) in [6.07, 6.45) is 3.38. The summed E-state index contributed by atoms with van der Waals surface area (Å²) in [4.78, 5) is 11.6. The molecule has 98 valence electrons. The third kappa shape index (κ3) is 4.10. The number of hydrogen-bond acceptors (Lipinski definition) is 3. The fraction of sp³-hybridized carbons (Fsp3) is 0.200. The molecule has 2 rings (SSSR count). The molecule has 0 saturated heterocycles. The molecule has 0 aliphatic carbocycles. The molecule has 0 aliphatic heterocycles. The lowest BCUT2D eigenvalue weighted by Gasteiger charge is -1.97. The first-order valence-corrected chi connectivity index (χ1v) is 6.18. The molecular formula is C15H16N2O2. The van der Waals surface area contributed by atoms with Gasteiger partial charge in [0.15, 0.2) is 5.76 Å². The number of furan rings is 1. The predicted molar refractivity (Wildman–Crippen MR) is 74.2 cm³/mol. The molecule has 0 spiro atoms. The van der Waals surface area contributed by atoms with Gasteiger partial charge in [0.05, 0.1) is 0 Å². The van der Waals surface area contributed by atoms with Crippen LogP contribution in [0.15, 0.2) is 52.0 Å². The molecule has 0 unspecified atom stereocenters. The van der Waals surface area contributed by atoms with Gasteiger partial charge < -0.3 is 4.42 Å². The van der Waals surface area contributed by atoms with Gasteiger partial charge in [0.1, 0.15) is 5.76 Å². The Labute approximate surface area is 112 Å². The van der Waals surface area contributed by atoms with E-state index in [4.69, 9.17) is 4.42 Å². The van der Waals surface area contributed by atoms with Crippen LogP contribution in [0, 0.1) is 6.92 Å². The standard InChI is InChI=1S/C15H16N2O2/c1-12-9-10-14(19-12)15(18)17-16-11-5-8-13-6-3-2-4-7-13/h2-4,6-7,9-11H,5,8H2,1H3,(H,17,18)/b16-11-. The second kappa shape index (κ2) is 6.54. The van der Waals surface area contributed by atoms with Crippen molar-refractivity contribution in [2.24, 2.45) is 5.10 Å². The molecule has 19 heavy (non-hydrogen) atoms. The molecule has 1 heterocycles. The molecule has 4 heteroatoms. The molecule has 0 atom stereocenters. The van der Waals surface area contributed by atoms with Crippen molar-refractivity contribution in [1.29, 1.82) is 0 Å². The third-order valence-electron chi connectivity index (χ3n) is 2.63. The van der Waals surface area contributed by atoms with Crippen molar-refractivity contribution in [2.45, 2.75) is 19.8 Å². The van der Waals surface area contributed by atoms with Crippen LogP contribution in [0.3, 0.4) is 0 Å². The number of carbonyl (C=O) groups is 1. The lowest BCUT2D eigenvalue weighted by atomic mass is 10.1. The van der Waals surface area contributed by atoms with Gasteiger partial charge in [0.25, 0.3) is 0 Å². The first kappa shape index (κ1) is 13.1. The summed E-state index contributed by atoms with van der Waals surface area (Å²) in [7, 11) is 0. The number of hydrogen-bond donors (Lipinski definition) is 1. The average Bonchev–Trinajstić information content (AvgIpc) is 2.86. The van der Waals surface area contributed by atoms with Crippen molar-refractivity contribution in [2.75, 3.05) is 0 Å². The maximum Gasteiger partial charge on any atom is 0.307 e. The van der Waals surface area contributed by atoms with Crippen LogP contribution in [0.5, 0.6) is 0 Å². The van der Waals surface area contributed by atoms with Gasteiger partial charge in [-0.2, -0.15) is 5.10 Å². The Bertz CT molecular complexity index is 559. The van der Waals surface area contributed by atoms with Gasteiger partial charge in [0, 0.05) is 6.21 Å². The average molecular weight is 256 g/mol. The normalized spacial score (nSPS) is 10.8. The Morgan fingerprint density at radius 1 is 1.26 bits per heavy atom. The van der Waals surface area contributed by atoms with Crippen LogP contribution >= 0.6 is 0 Å². The van der Waals surface area contributed by atoms with Gasteiger partial charge in [0.2, 0.25) is 0 Å². The largest absolute Gasteiger partial charge is 0.456 e. The van der Waals surface area contributed by atoms with E-state index < -0.39 is 0 Å². The lowest BCUT2D eigenvalue weighted by Crippen LogP contribution is -2.16. The summed E-state index contributed by atoms with van der Waals surface area (Å²) in [5.41, 5.74) is 3.69. The number of rotatable bonds is 5. The number of nitrogens with one attached hydrogen (secondary N) is 1. The highest BCUT2D eigenvalue weighted by Gasteiger charge is 2.07. The van der Waals surface area contributed by atoms with E-state index in [2.05, 4.69) is 22.7 Å². The lowest BCUT2D eigenvalue weighted by molar-refractivity contribution is 0.0926. The van der Waals surface area contributed by atoms with Gasteiger partial charge in [-0.3, -0.25) is 4.79 Å². The highest BCUT2D eigenvalue weighted by atomic mass is 16.3. The van der Waals surface area contributed by atoms with E-state index in [1.165, 1.54) is 5.56 Å². The maximum absolute atomic E-state index is 11.6. The minimum atomic E-state index is -0.330. The first-order chi connectivity index (χ1) is 9.25. The molecule has 0 bridgehead atoms. The second-order valence-corrected chi connectivity index (χ2v) is 4.19. The van der Waals surface area contributed by atoms with E-state index >= 15 is 0 Å². The minimum Gasteiger partial charge on any atom is -0.456 e. The van der Waals surface area contributed by atoms with Crippen LogP contribution in [0.1, 0.15) is 28.3 Å². The molecule has 0 radical (unpaired) electrons. The Hall–Kier alpha value is -2.36. The zero-order valence-corrected chi connectivity index (χ0v) is 10.8. The van der Waals surface area contributed by atoms with E-state index in [1.54, 1.807) is 25.3 Å². The quantitative estimate of drug-likeness (QED) is 0.660. The summed E-state index contributed by atoms with van der Waals surface area (Å²) in [5, 5.41) is 3.89. The minimum absolute atomic E-state index is 0.276. The fourth-order valence-electron chi connectivity index (χ4n) is 1.66. The van der Waals surface area contributed by atoms with Crippen LogP contribution in [0.4, 0.5) is 0 Å². The first-order valence-electron chi connectivity index (χ1n) is 6.18. The molecule has 2 aromatic rings. The smallest absolute Gasteiger partial charge is 0.307 e. The number of amides is 1. The molecule has 0 aliphatic rings. The number of hydrazone groups is 1. The van der Waals surface area contributed by atoms with Gasteiger partial charge in [-0.05, 0) is 37.5 Å². The summed E-state index contributed by atoms with van der Waals surface area (Å²) < 4.78 is 5.19. The van der Waals surface area contributed by atoms with Crippen molar-refractivity contribution in [3.05, 3.63) is 59.5 Å². The number of benzene rings is 1. The van der Waals surface area contributed by atoms with Crippen molar-refractivity contribution in [3.8, 4) is 0 Å². The Balaban J connectivity index is 1.73. The fourth-order valence-corrected chi connectivity index (χ4v) is 1.66. The molecule has 0 saturated carbocycles. The van der Waals surface area contributed by atoms with Gasteiger partial charge in [-0.25, -0.2) is 5.43 Å².